The van der Waals surface area contributed by atoms with Crippen LogP contribution in [-0.2, 0) is 16.1 Å². The van der Waals surface area contributed by atoms with Crippen molar-refractivity contribution in [3.63, 3.8) is 0 Å². The molecule has 0 saturated carbocycles. The molecule has 0 atom stereocenters. The lowest BCUT2D eigenvalue weighted by Gasteiger charge is -2.13. The first-order valence-corrected chi connectivity index (χ1v) is 6.08. The molecule has 0 aromatic heterocycles. The number of rotatable bonds is 6. The summed E-state index contributed by atoms with van der Waals surface area (Å²) >= 11 is 0. The van der Waals surface area contributed by atoms with Gasteiger partial charge in [0.15, 0.2) is 0 Å². The lowest BCUT2D eigenvalue weighted by molar-refractivity contribution is -0.140. The number of nitrogens with two attached hydrogens (primary N) is 1. The summed E-state index contributed by atoms with van der Waals surface area (Å²) in [5, 5.41) is 0. The summed E-state index contributed by atoms with van der Waals surface area (Å²) in [4.78, 5) is 10.9. The van der Waals surface area contributed by atoms with Gasteiger partial charge >= 0.3 is 5.97 Å². The van der Waals surface area contributed by atoms with E-state index >= 15 is 0 Å². The first-order chi connectivity index (χ1) is 8.58. The Morgan fingerprint density at radius 3 is 2.39 bits per heavy atom. The molecule has 1 aromatic rings. The first kappa shape index (κ1) is 14.5. The van der Waals surface area contributed by atoms with E-state index in [9.17, 15) is 4.79 Å². The van der Waals surface area contributed by atoms with Gasteiger partial charge in [-0.05, 0) is 37.0 Å². The van der Waals surface area contributed by atoms with Gasteiger partial charge < -0.3 is 15.2 Å². The molecule has 0 unspecified atom stereocenters. The van der Waals surface area contributed by atoms with Gasteiger partial charge in [-0.25, -0.2) is 0 Å². The van der Waals surface area contributed by atoms with Crippen LogP contribution >= 0.6 is 0 Å². The number of esters is 1. The van der Waals surface area contributed by atoms with Crippen molar-refractivity contribution in [2.75, 3.05) is 13.7 Å². The molecule has 0 amide bonds. The highest BCUT2D eigenvalue weighted by molar-refractivity contribution is 5.69. The first-order valence-electron chi connectivity index (χ1n) is 6.08. The van der Waals surface area contributed by atoms with Gasteiger partial charge in [0.2, 0.25) is 0 Å². The molecule has 2 N–H and O–H groups in total. The molecule has 0 aliphatic carbocycles. The maximum atomic E-state index is 10.9. The molecule has 0 aliphatic rings. The predicted molar refractivity (Wildman–Crippen MR) is 70.6 cm³/mol. The van der Waals surface area contributed by atoms with E-state index in [0.717, 1.165) is 22.4 Å². The fraction of sp³-hybridized carbons (Fsp3) is 0.500. The van der Waals surface area contributed by atoms with Crippen LogP contribution in [0.2, 0.25) is 0 Å². The van der Waals surface area contributed by atoms with Crippen LogP contribution < -0.4 is 10.5 Å². The third-order valence-corrected chi connectivity index (χ3v) is 2.76. The number of methoxy groups -OCH3 is 1. The van der Waals surface area contributed by atoms with Gasteiger partial charge in [0, 0.05) is 13.0 Å². The van der Waals surface area contributed by atoms with E-state index in [1.165, 1.54) is 7.11 Å². The average molecular weight is 251 g/mol. The summed E-state index contributed by atoms with van der Waals surface area (Å²) in [5.74, 6) is 0.683. The van der Waals surface area contributed by atoms with Crippen LogP contribution in [0.15, 0.2) is 12.1 Å². The summed E-state index contributed by atoms with van der Waals surface area (Å²) in [6.45, 7) is 5.05. The van der Waals surface area contributed by atoms with Crippen molar-refractivity contribution in [3.8, 4) is 5.75 Å². The van der Waals surface area contributed by atoms with Crippen molar-refractivity contribution in [2.45, 2.75) is 33.2 Å². The Bertz CT molecular complexity index is 392. The van der Waals surface area contributed by atoms with Gasteiger partial charge in [0.05, 0.1) is 13.7 Å². The predicted octanol–water partition coefficient (Wildman–Crippen LogP) is 2.09. The molecule has 100 valence electrons. The lowest BCUT2D eigenvalue weighted by atomic mass is 10.1. The molecule has 4 heteroatoms. The second-order valence-corrected chi connectivity index (χ2v) is 4.29. The highest BCUT2D eigenvalue weighted by Gasteiger charge is 2.06. The molecule has 1 rings (SSSR count). The Morgan fingerprint density at radius 2 is 1.89 bits per heavy atom. The van der Waals surface area contributed by atoms with Gasteiger partial charge in [0.1, 0.15) is 5.75 Å². The average Bonchev–Trinajstić information content (AvgIpc) is 2.36. The smallest absolute Gasteiger partial charge is 0.305 e. The van der Waals surface area contributed by atoms with Crippen LogP contribution in [0.1, 0.15) is 29.5 Å². The van der Waals surface area contributed by atoms with Crippen LogP contribution in [0.25, 0.3) is 0 Å². The quantitative estimate of drug-likeness (QED) is 0.621. The lowest BCUT2D eigenvalue weighted by Crippen LogP contribution is -2.06. The van der Waals surface area contributed by atoms with Gasteiger partial charge in [-0.1, -0.05) is 12.1 Å². The molecule has 0 saturated heterocycles. The largest absolute Gasteiger partial charge is 0.493 e. The number of carbonyl (C=O) groups is 1. The van der Waals surface area contributed by atoms with Gasteiger partial charge in [-0.2, -0.15) is 0 Å². The maximum Gasteiger partial charge on any atom is 0.305 e. The Kier molecular flexibility index (Phi) is 5.65. The molecule has 4 nitrogen and oxygen atoms in total. The van der Waals surface area contributed by atoms with Crippen LogP contribution in [0.4, 0.5) is 0 Å². The molecule has 0 heterocycles. The molecular formula is C14H21NO3. The highest BCUT2D eigenvalue weighted by Crippen LogP contribution is 2.24. The molecule has 1 aromatic carbocycles. The fourth-order valence-electron chi connectivity index (χ4n) is 1.88. The SMILES string of the molecule is COC(=O)CCCOc1c(C)cc(CN)cc1C. The van der Waals surface area contributed by atoms with E-state index in [-0.39, 0.29) is 5.97 Å². The molecule has 0 bridgehead atoms. The summed E-state index contributed by atoms with van der Waals surface area (Å²) in [6.07, 6.45) is 1.04. The minimum Gasteiger partial charge on any atom is -0.493 e. The maximum absolute atomic E-state index is 10.9. The van der Waals surface area contributed by atoms with E-state index in [4.69, 9.17) is 10.5 Å². The summed E-state index contributed by atoms with van der Waals surface area (Å²) in [7, 11) is 1.39. The van der Waals surface area contributed by atoms with Crippen molar-refractivity contribution in [2.24, 2.45) is 5.73 Å². The van der Waals surface area contributed by atoms with Gasteiger partial charge in [0.25, 0.3) is 0 Å². The Labute approximate surface area is 108 Å². The van der Waals surface area contributed by atoms with Crippen LogP contribution in [0.5, 0.6) is 5.75 Å². The summed E-state index contributed by atoms with van der Waals surface area (Å²) in [6, 6.07) is 4.06. The van der Waals surface area contributed by atoms with E-state index < -0.39 is 0 Å². The molecule has 0 fully saturated rings. The van der Waals surface area contributed by atoms with E-state index in [2.05, 4.69) is 4.74 Å². The Morgan fingerprint density at radius 1 is 1.28 bits per heavy atom. The second-order valence-electron chi connectivity index (χ2n) is 4.29. The molecular weight excluding hydrogens is 230 g/mol. The number of carbonyl (C=O) groups excluding carboxylic acids is 1. The summed E-state index contributed by atoms with van der Waals surface area (Å²) < 4.78 is 10.3. The van der Waals surface area contributed by atoms with Gasteiger partial charge in [-0.15, -0.1) is 0 Å². The minimum atomic E-state index is -0.203. The van der Waals surface area contributed by atoms with E-state index in [1.54, 1.807) is 0 Å². The normalized spacial score (nSPS) is 10.2. The van der Waals surface area contributed by atoms with Crippen LogP contribution in [-0.4, -0.2) is 19.7 Å². The molecule has 18 heavy (non-hydrogen) atoms. The molecule has 0 aliphatic heterocycles. The van der Waals surface area contributed by atoms with Crippen LogP contribution in [0, 0.1) is 13.8 Å². The Balaban J connectivity index is 2.54. The standard InChI is InChI=1S/C14H21NO3/c1-10-7-12(9-15)8-11(2)14(10)18-6-4-5-13(16)17-3/h7-8H,4-6,9,15H2,1-3H3. The zero-order valence-electron chi connectivity index (χ0n) is 11.3. The Hall–Kier alpha value is -1.55. The van der Waals surface area contributed by atoms with Crippen molar-refractivity contribution < 1.29 is 14.3 Å². The molecule has 0 spiro atoms. The minimum absolute atomic E-state index is 0.203. The van der Waals surface area contributed by atoms with E-state index in [1.807, 2.05) is 26.0 Å². The highest BCUT2D eigenvalue weighted by atomic mass is 16.5. The third kappa shape index (κ3) is 4.04. The topological polar surface area (TPSA) is 61.5 Å². The number of aryl methyl sites for hydroxylation is 2. The van der Waals surface area contributed by atoms with E-state index in [0.29, 0.717) is 26.0 Å². The van der Waals surface area contributed by atoms with Crippen molar-refractivity contribution in [3.05, 3.63) is 28.8 Å². The second kappa shape index (κ2) is 7.01. The zero-order valence-corrected chi connectivity index (χ0v) is 11.3. The van der Waals surface area contributed by atoms with Crippen molar-refractivity contribution in [1.82, 2.24) is 0 Å². The van der Waals surface area contributed by atoms with Crippen molar-refractivity contribution in [1.29, 1.82) is 0 Å². The number of ether oxygens (including phenoxy) is 2. The van der Waals surface area contributed by atoms with Crippen LogP contribution in [0.3, 0.4) is 0 Å². The number of hydrogen-bond donors (Lipinski definition) is 1. The molecule has 0 radical (unpaired) electrons. The van der Waals surface area contributed by atoms with Gasteiger partial charge in [-0.3, -0.25) is 4.79 Å². The number of benzene rings is 1. The summed E-state index contributed by atoms with van der Waals surface area (Å²) in [5.41, 5.74) is 8.87. The number of hydrogen-bond acceptors (Lipinski definition) is 4. The van der Waals surface area contributed by atoms with Crippen molar-refractivity contribution >= 4 is 5.97 Å². The third-order valence-electron chi connectivity index (χ3n) is 2.76. The fourth-order valence-corrected chi connectivity index (χ4v) is 1.88. The zero-order chi connectivity index (χ0) is 13.5. The monoisotopic (exact) mass is 251 g/mol.